The molecule has 4 nitrogen and oxygen atoms in total. The molecule has 0 aliphatic heterocycles. The summed E-state index contributed by atoms with van der Waals surface area (Å²) in [4.78, 5) is 12.6. The summed E-state index contributed by atoms with van der Waals surface area (Å²) in [5.74, 6) is -0.167. The molecule has 1 N–H and O–H groups in total. The third-order valence-corrected chi connectivity index (χ3v) is 3.13. The molecule has 6 heteroatoms. The van der Waals surface area contributed by atoms with Gasteiger partial charge in [-0.1, -0.05) is 11.6 Å². The Kier molecular flexibility index (Phi) is 3.48. The van der Waals surface area contributed by atoms with Crippen molar-refractivity contribution in [2.24, 2.45) is 0 Å². The number of thiophene rings is 1. The molecule has 0 aromatic carbocycles. The van der Waals surface area contributed by atoms with Gasteiger partial charge in [-0.25, -0.2) is 0 Å². The number of carbonyl (C=O) groups excluding carboxylic acids is 1. The number of nitrogens with zero attached hydrogens (tertiary/aromatic N) is 2. The van der Waals surface area contributed by atoms with Gasteiger partial charge in [0.1, 0.15) is 0 Å². The molecule has 1 amide bonds. The maximum Gasteiger partial charge on any atom is 0.253 e. The van der Waals surface area contributed by atoms with E-state index in [0.717, 1.165) is 9.21 Å². The molecule has 0 aliphatic rings. The fourth-order valence-electron chi connectivity index (χ4n) is 1.14. The van der Waals surface area contributed by atoms with Gasteiger partial charge in [0.25, 0.3) is 5.91 Å². The van der Waals surface area contributed by atoms with Crippen LogP contribution in [0.25, 0.3) is 0 Å². The van der Waals surface area contributed by atoms with E-state index < -0.39 is 0 Å². The van der Waals surface area contributed by atoms with Crippen molar-refractivity contribution in [3.8, 4) is 0 Å². The standard InChI is InChI=1S/C10H8ClN3OS/c11-9-2-1-8(16-9)6-12-10(15)7-3-4-13-14-5-7/h1-5H,6H2,(H,12,15). The SMILES string of the molecule is O=C(NCc1ccc(Cl)s1)c1ccnnc1. The van der Waals surface area contributed by atoms with Gasteiger partial charge >= 0.3 is 0 Å². The van der Waals surface area contributed by atoms with Crippen LogP contribution in [0.4, 0.5) is 0 Å². The average molecular weight is 254 g/mol. The minimum atomic E-state index is -0.167. The Hall–Kier alpha value is -1.46. The topological polar surface area (TPSA) is 54.9 Å². The molecule has 2 aromatic heterocycles. The molecule has 0 radical (unpaired) electrons. The first kappa shape index (κ1) is 11.0. The van der Waals surface area contributed by atoms with E-state index in [-0.39, 0.29) is 5.91 Å². The fourth-order valence-corrected chi connectivity index (χ4v) is 2.17. The van der Waals surface area contributed by atoms with Crippen LogP contribution in [0.1, 0.15) is 15.2 Å². The van der Waals surface area contributed by atoms with Crippen LogP contribution in [0, 0.1) is 0 Å². The van der Waals surface area contributed by atoms with Gasteiger partial charge in [-0.2, -0.15) is 10.2 Å². The van der Waals surface area contributed by atoms with E-state index in [4.69, 9.17) is 11.6 Å². The predicted molar refractivity (Wildman–Crippen MR) is 62.5 cm³/mol. The summed E-state index contributed by atoms with van der Waals surface area (Å²) < 4.78 is 0.717. The molecule has 2 rings (SSSR count). The molecule has 0 spiro atoms. The summed E-state index contributed by atoms with van der Waals surface area (Å²) in [6.07, 6.45) is 2.91. The molecule has 82 valence electrons. The number of hydrogen-bond donors (Lipinski definition) is 1. The number of hydrogen-bond acceptors (Lipinski definition) is 4. The second-order valence-electron chi connectivity index (χ2n) is 3.02. The van der Waals surface area contributed by atoms with Crippen molar-refractivity contribution in [1.29, 1.82) is 0 Å². The van der Waals surface area contributed by atoms with Crippen LogP contribution in [0.2, 0.25) is 4.34 Å². The highest BCUT2D eigenvalue weighted by Gasteiger charge is 2.05. The van der Waals surface area contributed by atoms with Gasteiger partial charge in [-0.05, 0) is 18.2 Å². The summed E-state index contributed by atoms with van der Waals surface area (Å²) in [5, 5.41) is 10.0. The van der Waals surface area contributed by atoms with Gasteiger partial charge < -0.3 is 5.32 Å². The smallest absolute Gasteiger partial charge is 0.253 e. The summed E-state index contributed by atoms with van der Waals surface area (Å²) in [5.41, 5.74) is 0.498. The lowest BCUT2D eigenvalue weighted by molar-refractivity contribution is 0.0950. The maximum atomic E-state index is 11.6. The molecular weight excluding hydrogens is 246 g/mol. The van der Waals surface area contributed by atoms with Crippen molar-refractivity contribution in [3.63, 3.8) is 0 Å². The van der Waals surface area contributed by atoms with Crippen molar-refractivity contribution in [2.45, 2.75) is 6.54 Å². The lowest BCUT2D eigenvalue weighted by Gasteiger charge is -2.02. The molecule has 0 unspecified atom stereocenters. The highest BCUT2D eigenvalue weighted by molar-refractivity contribution is 7.16. The van der Waals surface area contributed by atoms with Crippen molar-refractivity contribution >= 4 is 28.8 Å². The van der Waals surface area contributed by atoms with Crippen molar-refractivity contribution < 1.29 is 4.79 Å². The number of carbonyl (C=O) groups is 1. The van der Waals surface area contributed by atoms with Gasteiger partial charge in [0, 0.05) is 4.88 Å². The summed E-state index contributed by atoms with van der Waals surface area (Å²) in [6.45, 7) is 0.471. The molecule has 16 heavy (non-hydrogen) atoms. The second kappa shape index (κ2) is 5.05. The fraction of sp³-hybridized carbons (Fsp3) is 0.100. The van der Waals surface area contributed by atoms with E-state index >= 15 is 0 Å². The van der Waals surface area contributed by atoms with Crippen LogP contribution >= 0.6 is 22.9 Å². The molecule has 0 aliphatic carbocycles. The average Bonchev–Trinajstić information content (AvgIpc) is 2.73. The first-order valence-corrected chi connectivity index (χ1v) is 5.74. The Bertz CT molecular complexity index is 486. The molecular formula is C10H8ClN3OS. The van der Waals surface area contributed by atoms with Crippen LogP contribution in [0.15, 0.2) is 30.6 Å². The van der Waals surface area contributed by atoms with Gasteiger partial charge in [0.05, 0.1) is 28.8 Å². The summed E-state index contributed by atoms with van der Waals surface area (Å²) in [6, 6.07) is 5.31. The van der Waals surface area contributed by atoms with Gasteiger partial charge in [0.2, 0.25) is 0 Å². The molecule has 0 atom stereocenters. The third kappa shape index (κ3) is 2.77. The second-order valence-corrected chi connectivity index (χ2v) is 4.82. The normalized spacial score (nSPS) is 10.1. The highest BCUT2D eigenvalue weighted by Crippen LogP contribution is 2.20. The first-order valence-electron chi connectivity index (χ1n) is 4.55. The first-order chi connectivity index (χ1) is 7.75. The Balaban J connectivity index is 1.94. The van der Waals surface area contributed by atoms with E-state index in [0.29, 0.717) is 12.1 Å². The van der Waals surface area contributed by atoms with E-state index in [1.165, 1.54) is 23.7 Å². The minimum absolute atomic E-state index is 0.167. The van der Waals surface area contributed by atoms with E-state index in [9.17, 15) is 4.79 Å². The number of amides is 1. The Morgan fingerprint density at radius 3 is 2.88 bits per heavy atom. The van der Waals surface area contributed by atoms with E-state index in [1.54, 1.807) is 6.07 Å². The lowest BCUT2D eigenvalue weighted by Crippen LogP contribution is -2.22. The van der Waals surface area contributed by atoms with E-state index in [2.05, 4.69) is 15.5 Å². The molecule has 2 aromatic rings. The van der Waals surface area contributed by atoms with Crippen LogP contribution in [-0.4, -0.2) is 16.1 Å². The zero-order chi connectivity index (χ0) is 11.4. The van der Waals surface area contributed by atoms with Crippen LogP contribution < -0.4 is 5.32 Å². The molecule has 0 saturated heterocycles. The molecule has 0 fully saturated rings. The monoisotopic (exact) mass is 253 g/mol. The van der Waals surface area contributed by atoms with Gasteiger partial charge in [-0.3, -0.25) is 4.79 Å². The third-order valence-electron chi connectivity index (χ3n) is 1.90. The highest BCUT2D eigenvalue weighted by atomic mass is 35.5. The number of halogens is 1. The Labute approximate surface area is 101 Å². The molecule has 2 heterocycles. The van der Waals surface area contributed by atoms with Crippen molar-refractivity contribution in [3.05, 3.63) is 45.4 Å². The molecule has 0 saturated carbocycles. The van der Waals surface area contributed by atoms with Crippen LogP contribution in [0.3, 0.4) is 0 Å². The number of nitrogens with one attached hydrogen (secondary N) is 1. The number of rotatable bonds is 3. The summed E-state index contributed by atoms with van der Waals surface area (Å²) >= 11 is 7.23. The minimum Gasteiger partial charge on any atom is -0.347 e. The Morgan fingerprint density at radius 1 is 1.38 bits per heavy atom. The predicted octanol–water partition coefficient (Wildman–Crippen LogP) is 2.12. The van der Waals surface area contributed by atoms with Gasteiger partial charge in [-0.15, -0.1) is 11.3 Å². The largest absolute Gasteiger partial charge is 0.347 e. The van der Waals surface area contributed by atoms with Gasteiger partial charge in [0.15, 0.2) is 0 Å². The zero-order valence-electron chi connectivity index (χ0n) is 8.18. The Morgan fingerprint density at radius 2 is 2.25 bits per heavy atom. The van der Waals surface area contributed by atoms with Crippen LogP contribution in [-0.2, 0) is 6.54 Å². The maximum absolute atomic E-state index is 11.6. The quantitative estimate of drug-likeness (QED) is 0.912. The number of aromatic nitrogens is 2. The van der Waals surface area contributed by atoms with Crippen molar-refractivity contribution in [2.75, 3.05) is 0 Å². The summed E-state index contributed by atoms with van der Waals surface area (Å²) in [7, 11) is 0. The zero-order valence-corrected chi connectivity index (χ0v) is 9.76. The van der Waals surface area contributed by atoms with E-state index in [1.807, 2.05) is 12.1 Å². The lowest BCUT2D eigenvalue weighted by atomic mass is 10.3. The van der Waals surface area contributed by atoms with Crippen LogP contribution in [0.5, 0.6) is 0 Å². The van der Waals surface area contributed by atoms with Crippen molar-refractivity contribution in [1.82, 2.24) is 15.5 Å². The molecule has 0 bridgehead atoms.